The summed E-state index contributed by atoms with van der Waals surface area (Å²) in [7, 11) is 4.48. The average molecular weight is 733 g/mol. The van der Waals surface area contributed by atoms with Crippen LogP contribution in [-0.4, -0.2) is 44.3 Å². The number of thioether (sulfide) groups is 1. The SMILES string of the molecule is COc1cc(OC)c(OC)cc1/C=C(/NC(=O)c1ccccc1)C(=O)Nc1cccc(SC(C)C(=O)Nc2scc(-c3ccc(C)cc3)c2C#N)c1. The molecule has 12 heteroatoms. The highest BCUT2D eigenvalue weighted by Gasteiger charge is 2.21. The largest absolute Gasteiger partial charge is 0.496 e. The molecular weight excluding hydrogens is 697 g/mol. The van der Waals surface area contributed by atoms with E-state index in [1.807, 2.05) is 42.6 Å². The molecule has 0 fully saturated rings. The number of hydrogen-bond acceptors (Lipinski definition) is 9. The summed E-state index contributed by atoms with van der Waals surface area (Å²) < 4.78 is 16.4. The van der Waals surface area contributed by atoms with Crippen molar-refractivity contribution in [1.29, 1.82) is 5.26 Å². The number of thiophene rings is 1. The number of amides is 3. The molecule has 0 bridgehead atoms. The zero-order valence-electron chi connectivity index (χ0n) is 29.1. The van der Waals surface area contributed by atoms with Gasteiger partial charge in [-0.25, -0.2) is 0 Å². The zero-order valence-corrected chi connectivity index (χ0v) is 30.7. The fourth-order valence-electron chi connectivity index (χ4n) is 5.09. The second-order valence-electron chi connectivity index (χ2n) is 11.4. The number of nitrogens with one attached hydrogen (secondary N) is 3. The lowest BCUT2D eigenvalue weighted by atomic mass is 10.0. The fourth-order valence-corrected chi connectivity index (χ4v) is 6.94. The summed E-state index contributed by atoms with van der Waals surface area (Å²) in [6.07, 6.45) is 1.49. The number of ether oxygens (including phenoxy) is 3. The first-order valence-electron chi connectivity index (χ1n) is 16.0. The summed E-state index contributed by atoms with van der Waals surface area (Å²) in [5.74, 6) is -0.131. The lowest BCUT2D eigenvalue weighted by Crippen LogP contribution is -2.30. The number of nitriles is 1. The van der Waals surface area contributed by atoms with Crippen LogP contribution >= 0.6 is 23.1 Å². The molecule has 1 aromatic heterocycles. The van der Waals surface area contributed by atoms with E-state index in [1.54, 1.807) is 67.6 Å². The van der Waals surface area contributed by atoms with Crippen molar-refractivity contribution in [3.05, 3.63) is 124 Å². The molecule has 3 amide bonds. The number of methoxy groups -OCH3 is 3. The van der Waals surface area contributed by atoms with Gasteiger partial charge in [0.05, 0.1) is 32.1 Å². The first-order valence-corrected chi connectivity index (χ1v) is 17.8. The molecule has 3 N–H and O–H groups in total. The van der Waals surface area contributed by atoms with Gasteiger partial charge in [0.25, 0.3) is 11.8 Å². The van der Waals surface area contributed by atoms with E-state index < -0.39 is 17.1 Å². The highest BCUT2D eigenvalue weighted by Crippen LogP contribution is 2.37. The molecule has 0 aliphatic carbocycles. The molecule has 0 saturated carbocycles. The van der Waals surface area contributed by atoms with Crippen LogP contribution in [0.3, 0.4) is 0 Å². The minimum Gasteiger partial charge on any atom is -0.496 e. The molecule has 4 aromatic carbocycles. The summed E-state index contributed by atoms with van der Waals surface area (Å²) in [5.41, 5.74) is 4.40. The highest BCUT2D eigenvalue weighted by molar-refractivity contribution is 8.00. The molecule has 0 spiro atoms. The number of nitrogens with zero attached hydrogens (tertiary/aromatic N) is 1. The zero-order chi connectivity index (χ0) is 37.2. The first-order chi connectivity index (χ1) is 25.1. The number of anilines is 2. The molecule has 5 aromatic rings. The van der Waals surface area contributed by atoms with Crippen LogP contribution in [-0.2, 0) is 9.59 Å². The Morgan fingerprint density at radius 3 is 2.21 bits per heavy atom. The third kappa shape index (κ3) is 9.00. The van der Waals surface area contributed by atoms with Gasteiger partial charge in [0.2, 0.25) is 5.91 Å². The lowest BCUT2D eigenvalue weighted by molar-refractivity contribution is -0.115. The van der Waals surface area contributed by atoms with Gasteiger partial charge in [0.15, 0.2) is 11.5 Å². The minimum absolute atomic E-state index is 0.0561. The van der Waals surface area contributed by atoms with Crippen molar-refractivity contribution < 1.29 is 28.6 Å². The second kappa shape index (κ2) is 17.3. The summed E-state index contributed by atoms with van der Waals surface area (Å²) in [4.78, 5) is 41.0. The quantitative estimate of drug-likeness (QED) is 0.0815. The molecule has 0 aliphatic heterocycles. The van der Waals surface area contributed by atoms with Gasteiger partial charge in [0.1, 0.15) is 22.5 Å². The predicted molar refractivity (Wildman–Crippen MR) is 206 cm³/mol. The van der Waals surface area contributed by atoms with Crippen molar-refractivity contribution in [2.24, 2.45) is 0 Å². The van der Waals surface area contributed by atoms with E-state index in [9.17, 15) is 19.6 Å². The Labute approximate surface area is 310 Å². The monoisotopic (exact) mass is 732 g/mol. The number of rotatable bonds is 13. The van der Waals surface area contributed by atoms with E-state index in [0.29, 0.717) is 49.5 Å². The Morgan fingerprint density at radius 2 is 1.54 bits per heavy atom. The van der Waals surface area contributed by atoms with Crippen LogP contribution in [0.4, 0.5) is 10.7 Å². The Kier molecular flexibility index (Phi) is 12.4. The van der Waals surface area contributed by atoms with Crippen LogP contribution in [0.15, 0.2) is 107 Å². The van der Waals surface area contributed by atoms with Crippen molar-refractivity contribution in [3.63, 3.8) is 0 Å². The Balaban J connectivity index is 1.34. The summed E-state index contributed by atoms with van der Waals surface area (Å²) in [5, 5.41) is 20.2. The molecule has 52 heavy (non-hydrogen) atoms. The van der Waals surface area contributed by atoms with E-state index in [0.717, 1.165) is 16.7 Å². The number of carbonyl (C=O) groups is 3. The molecule has 1 heterocycles. The Morgan fingerprint density at radius 1 is 0.846 bits per heavy atom. The van der Waals surface area contributed by atoms with Gasteiger partial charge in [-0.05, 0) is 61.9 Å². The van der Waals surface area contributed by atoms with E-state index >= 15 is 0 Å². The van der Waals surface area contributed by atoms with Gasteiger partial charge < -0.3 is 30.2 Å². The van der Waals surface area contributed by atoms with Gasteiger partial charge in [0, 0.05) is 38.7 Å². The van der Waals surface area contributed by atoms with Gasteiger partial charge in [-0.2, -0.15) is 5.26 Å². The summed E-state index contributed by atoms with van der Waals surface area (Å²) >= 11 is 2.60. The van der Waals surface area contributed by atoms with Crippen LogP contribution < -0.4 is 30.2 Å². The maximum atomic E-state index is 13.8. The van der Waals surface area contributed by atoms with Crippen molar-refractivity contribution in [2.75, 3.05) is 32.0 Å². The molecule has 0 aliphatic rings. The van der Waals surface area contributed by atoms with Crippen molar-refractivity contribution in [2.45, 2.75) is 24.0 Å². The average Bonchev–Trinajstić information content (AvgIpc) is 3.57. The van der Waals surface area contributed by atoms with E-state index in [-0.39, 0.29) is 11.6 Å². The third-order valence-corrected chi connectivity index (χ3v) is 9.83. The predicted octanol–water partition coefficient (Wildman–Crippen LogP) is 8.15. The number of carbonyl (C=O) groups excluding carboxylic acids is 3. The molecule has 5 rings (SSSR count). The van der Waals surface area contributed by atoms with Crippen LogP contribution in [0.25, 0.3) is 17.2 Å². The smallest absolute Gasteiger partial charge is 0.272 e. The maximum Gasteiger partial charge on any atom is 0.272 e. The highest BCUT2D eigenvalue weighted by atomic mass is 32.2. The number of benzene rings is 4. The van der Waals surface area contributed by atoms with Gasteiger partial charge in [-0.3, -0.25) is 14.4 Å². The van der Waals surface area contributed by atoms with Crippen LogP contribution in [0.2, 0.25) is 0 Å². The summed E-state index contributed by atoms with van der Waals surface area (Å²) in [6.45, 7) is 3.76. The van der Waals surface area contributed by atoms with Crippen molar-refractivity contribution in [3.8, 4) is 34.4 Å². The van der Waals surface area contributed by atoms with Gasteiger partial charge >= 0.3 is 0 Å². The molecular formula is C40H36N4O6S2. The van der Waals surface area contributed by atoms with E-state index in [4.69, 9.17) is 14.2 Å². The fraction of sp³-hybridized carbons (Fsp3) is 0.150. The second-order valence-corrected chi connectivity index (χ2v) is 13.7. The molecule has 0 radical (unpaired) electrons. The molecule has 264 valence electrons. The Hall–Kier alpha value is -6.03. The minimum atomic E-state index is -0.597. The number of aryl methyl sites for hydroxylation is 1. The number of hydrogen-bond donors (Lipinski definition) is 3. The molecule has 0 saturated heterocycles. The molecule has 10 nitrogen and oxygen atoms in total. The van der Waals surface area contributed by atoms with Crippen LogP contribution in [0, 0.1) is 18.3 Å². The van der Waals surface area contributed by atoms with Crippen molar-refractivity contribution in [1.82, 2.24) is 5.32 Å². The summed E-state index contributed by atoms with van der Waals surface area (Å²) in [6, 6.07) is 28.9. The standard InChI is InChI=1S/C40H36N4O6S2/c1-24-14-16-26(17-15-24)32-23-51-40(31(32)22-41)44-37(45)25(2)52-30-13-9-12-29(20-30)42-39(47)33(43-38(46)27-10-7-6-8-11-27)18-28-19-35(49-4)36(50-5)21-34(28)48-3/h6-21,23,25H,1-5H3,(H,42,47)(H,43,46)(H,44,45)/b33-18+. The van der Waals surface area contributed by atoms with Crippen LogP contribution in [0.5, 0.6) is 17.2 Å². The van der Waals surface area contributed by atoms with Crippen molar-refractivity contribution >= 4 is 57.6 Å². The van der Waals surface area contributed by atoms with E-state index in [1.165, 1.54) is 50.5 Å². The van der Waals surface area contributed by atoms with E-state index in [2.05, 4.69) is 22.0 Å². The first kappa shape index (κ1) is 37.2. The lowest BCUT2D eigenvalue weighted by Gasteiger charge is -2.15. The van der Waals surface area contributed by atoms with Gasteiger partial charge in [-0.1, -0.05) is 54.1 Å². The Bertz CT molecular complexity index is 2160. The topological polar surface area (TPSA) is 139 Å². The molecule has 1 unspecified atom stereocenters. The van der Waals surface area contributed by atoms with Gasteiger partial charge in [-0.15, -0.1) is 23.1 Å². The normalized spacial score (nSPS) is 11.5. The molecule has 1 atom stereocenters. The van der Waals surface area contributed by atoms with Crippen LogP contribution in [0.1, 0.15) is 34.0 Å². The third-order valence-electron chi connectivity index (χ3n) is 7.84. The maximum absolute atomic E-state index is 13.8.